The number of sulfonamides is 1. The van der Waals surface area contributed by atoms with Crippen molar-refractivity contribution in [2.24, 2.45) is 0 Å². The predicted octanol–water partition coefficient (Wildman–Crippen LogP) is 3.94. The minimum Gasteiger partial charge on any atom is -0.376 e. The standard InChI is InChI=1S/C24H30N2O4S/c1-17(2)18-5-11-22(12-6-18)31(28,29)26-20-9-7-19(8-10-20)24(13-14-24)23(27)25-16-21-4-3-15-30-21/h5-12,17,21,26H,3-4,13-16H2,1-2H3,(H,25,27)/t21-/m1/s1. The van der Waals surface area contributed by atoms with Gasteiger partial charge in [0.15, 0.2) is 0 Å². The van der Waals surface area contributed by atoms with Crippen molar-refractivity contribution < 1.29 is 17.9 Å². The number of carbonyl (C=O) groups is 1. The van der Waals surface area contributed by atoms with E-state index in [-0.39, 0.29) is 16.9 Å². The maximum absolute atomic E-state index is 12.8. The Morgan fingerprint density at radius 2 is 1.77 bits per heavy atom. The van der Waals surface area contributed by atoms with E-state index in [2.05, 4.69) is 23.9 Å². The molecule has 1 saturated heterocycles. The van der Waals surface area contributed by atoms with Gasteiger partial charge in [-0.2, -0.15) is 0 Å². The fourth-order valence-electron chi connectivity index (χ4n) is 4.06. The van der Waals surface area contributed by atoms with E-state index < -0.39 is 15.4 Å². The summed E-state index contributed by atoms with van der Waals surface area (Å²) < 4.78 is 33.6. The Morgan fingerprint density at radius 3 is 2.32 bits per heavy atom. The van der Waals surface area contributed by atoms with Crippen molar-refractivity contribution in [2.45, 2.75) is 61.9 Å². The van der Waals surface area contributed by atoms with Crippen LogP contribution in [0.1, 0.15) is 56.6 Å². The number of amides is 1. The Balaban J connectivity index is 1.41. The van der Waals surface area contributed by atoms with Gasteiger partial charge in [0, 0.05) is 18.8 Å². The first kappa shape index (κ1) is 21.8. The van der Waals surface area contributed by atoms with Crippen LogP contribution in [0.2, 0.25) is 0 Å². The number of hydrogen-bond acceptors (Lipinski definition) is 4. The molecule has 166 valence electrons. The molecule has 1 saturated carbocycles. The lowest BCUT2D eigenvalue weighted by Crippen LogP contribution is -2.39. The van der Waals surface area contributed by atoms with Gasteiger partial charge < -0.3 is 10.1 Å². The molecule has 0 unspecified atom stereocenters. The van der Waals surface area contributed by atoms with Gasteiger partial charge in [-0.05, 0) is 67.0 Å². The largest absolute Gasteiger partial charge is 0.376 e. The van der Waals surface area contributed by atoms with Crippen molar-refractivity contribution in [1.29, 1.82) is 0 Å². The average Bonchev–Trinajstić information content (AvgIpc) is 3.40. The smallest absolute Gasteiger partial charge is 0.261 e. The summed E-state index contributed by atoms with van der Waals surface area (Å²) in [6, 6.07) is 14.1. The Bertz CT molecular complexity index is 1020. The molecule has 0 aromatic heterocycles. The van der Waals surface area contributed by atoms with Crippen molar-refractivity contribution in [3.8, 4) is 0 Å². The molecule has 1 amide bonds. The van der Waals surface area contributed by atoms with Crippen molar-refractivity contribution in [3.05, 3.63) is 59.7 Å². The van der Waals surface area contributed by atoms with Crippen LogP contribution < -0.4 is 10.0 Å². The molecule has 0 spiro atoms. The van der Waals surface area contributed by atoms with Gasteiger partial charge in [0.25, 0.3) is 10.0 Å². The summed E-state index contributed by atoms with van der Waals surface area (Å²) in [5.74, 6) is 0.372. The summed E-state index contributed by atoms with van der Waals surface area (Å²) >= 11 is 0. The normalized spacial score (nSPS) is 19.9. The molecule has 1 aliphatic heterocycles. The third-order valence-electron chi connectivity index (χ3n) is 6.25. The monoisotopic (exact) mass is 442 g/mol. The molecule has 7 heteroatoms. The molecule has 2 aliphatic rings. The van der Waals surface area contributed by atoms with Crippen molar-refractivity contribution >= 4 is 21.6 Å². The van der Waals surface area contributed by atoms with Gasteiger partial charge in [-0.3, -0.25) is 9.52 Å². The van der Waals surface area contributed by atoms with E-state index in [1.807, 2.05) is 24.3 Å². The number of benzene rings is 2. The van der Waals surface area contributed by atoms with Gasteiger partial charge in [-0.25, -0.2) is 8.42 Å². The first-order valence-corrected chi connectivity index (χ1v) is 12.4. The fraction of sp³-hybridized carbons (Fsp3) is 0.458. The molecular weight excluding hydrogens is 412 g/mol. The summed E-state index contributed by atoms with van der Waals surface area (Å²) in [5, 5.41) is 3.04. The summed E-state index contributed by atoms with van der Waals surface area (Å²) in [6.45, 7) is 5.45. The van der Waals surface area contributed by atoms with Crippen molar-refractivity contribution in [1.82, 2.24) is 5.32 Å². The minimum absolute atomic E-state index is 0.0292. The van der Waals surface area contributed by atoms with Crippen LogP contribution in [0.15, 0.2) is 53.4 Å². The zero-order valence-electron chi connectivity index (χ0n) is 18.1. The van der Waals surface area contributed by atoms with E-state index in [4.69, 9.17) is 4.74 Å². The number of nitrogens with one attached hydrogen (secondary N) is 2. The molecule has 1 heterocycles. The third-order valence-corrected chi connectivity index (χ3v) is 7.64. The lowest BCUT2D eigenvalue weighted by molar-refractivity contribution is -0.124. The molecule has 1 atom stereocenters. The number of ether oxygens (including phenoxy) is 1. The quantitative estimate of drug-likeness (QED) is 0.649. The molecule has 0 radical (unpaired) electrons. The molecular formula is C24H30N2O4S. The van der Waals surface area contributed by atoms with Crippen molar-refractivity contribution in [3.63, 3.8) is 0 Å². The van der Waals surface area contributed by atoms with E-state index in [9.17, 15) is 13.2 Å². The Hall–Kier alpha value is -2.38. The minimum atomic E-state index is -3.67. The molecule has 31 heavy (non-hydrogen) atoms. The third kappa shape index (κ3) is 4.77. The highest BCUT2D eigenvalue weighted by Gasteiger charge is 2.51. The van der Waals surface area contributed by atoms with Gasteiger partial charge in [-0.15, -0.1) is 0 Å². The Morgan fingerprint density at radius 1 is 1.10 bits per heavy atom. The molecule has 2 N–H and O–H groups in total. The first-order valence-electron chi connectivity index (χ1n) is 10.9. The molecule has 2 aromatic carbocycles. The van der Waals surface area contributed by atoms with Crippen LogP contribution in [0.25, 0.3) is 0 Å². The average molecular weight is 443 g/mol. The van der Waals surface area contributed by atoms with E-state index in [1.165, 1.54) is 0 Å². The summed E-state index contributed by atoms with van der Waals surface area (Å²) in [7, 11) is -3.67. The summed E-state index contributed by atoms with van der Waals surface area (Å²) in [4.78, 5) is 13.0. The van der Waals surface area contributed by atoms with Gasteiger partial charge in [0.2, 0.25) is 5.91 Å². The second kappa shape index (κ2) is 8.63. The summed E-state index contributed by atoms with van der Waals surface area (Å²) in [6.07, 6.45) is 3.76. The Labute approximate surface area is 184 Å². The number of rotatable bonds is 8. The molecule has 2 fully saturated rings. The number of carbonyl (C=O) groups excluding carboxylic acids is 1. The zero-order chi connectivity index (χ0) is 22.1. The van der Waals surface area contributed by atoms with Gasteiger partial charge >= 0.3 is 0 Å². The molecule has 0 bridgehead atoms. The SMILES string of the molecule is CC(C)c1ccc(S(=O)(=O)Nc2ccc(C3(C(=O)NC[C@H]4CCCO4)CC3)cc2)cc1. The van der Waals surface area contributed by atoms with Gasteiger partial charge in [-0.1, -0.05) is 38.1 Å². The van der Waals surface area contributed by atoms with Crippen LogP contribution in [0.3, 0.4) is 0 Å². The van der Waals surface area contributed by atoms with Crippen LogP contribution in [-0.2, 0) is 25.0 Å². The van der Waals surface area contributed by atoms with Crippen LogP contribution in [-0.4, -0.2) is 33.6 Å². The maximum atomic E-state index is 12.8. The van der Waals surface area contributed by atoms with Crippen LogP contribution in [0.4, 0.5) is 5.69 Å². The van der Waals surface area contributed by atoms with E-state index in [0.29, 0.717) is 18.2 Å². The van der Waals surface area contributed by atoms with Crippen molar-refractivity contribution in [2.75, 3.05) is 17.9 Å². The number of anilines is 1. The van der Waals surface area contributed by atoms with E-state index in [1.54, 1.807) is 24.3 Å². The molecule has 4 rings (SSSR count). The first-order chi connectivity index (χ1) is 14.8. The zero-order valence-corrected chi connectivity index (χ0v) is 18.9. The molecule has 1 aliphatic carbocycles. The van der Waals surface area contributed by atoms with Crippen LogP contribution in [0.5, 0.6) is 0 Å². The fourth-order valence-corrected chi connectivity index (χ4v) is 5.11. The highest BCUT2D eigenvalue weighted by Crippen LogP contribution is 2.48. The summed E-state index contributed by atoms with van der Waals surface area (Å²) in [5.41, 5.74) is 1.99. The van der Waals surface area contributed by atoms with Gasteiger partial charge in [0.1, 0.15) is 0 Å². The highest BCUT2D eigenvalue weighted by molar-refractivity contribution is 7.92. The number of hydrogen-bond donors (Lipinski definition) is 2. The molecule has 2 aromatic rings. The maximum Gasteiger partial charge on any atom is 0.261 e. The van der Waals surface area contributed by atoms with E-state index >= 15 is 0 Å². The molecule has 6 nitrogen and oxygen atoms in total. The van der Waals surface area contributed by atoms with Crippen LogP contribution >= 0.6 is 0 Å². The highest BCUT2D eigenvalue weighted by atomic mass is 32.2. The second-order valence-electron chi connectivity index (χ2n) is 8.83. The van der Waals surface area contributed by atoms with Crippen LogP contribution in [0, 0.1) is 0 Å². The lowest BCUT2D eigenvalue weighted by Gasteiger charge is -2.18. The van der Waals surface area contributed by atoms with E-state index in [0.717, 1.165) is 43.4 Å². The second-order valence-corrected chi connectivity index (χ2v) is 10.5. The van der Waals surface area contributed by atoms with Gasteiger partial charge in [0.05, 0.1) is 16.4 Å². The predicted molar refractivity (Wildman–Crippen MR) is 121 cm³/mol. The lowest BCUT2D eigenvalue weighted by atomic mass is 9.94. The Kier molecular flexibility index (Phi) is 6.08. The topological polar surface area (TPSA) is 84.5 Å².